The highest BCUT2D eigenvalue weighted by Gasteiger charge is 2.18. The molecule has 0 aliphatic heterocycles. The lowest BCUT2D eigenvalue weighted by Crippen LogP contribution is -2.37. The van der Waals surface area contributed by atoms with Crippen LogP contribution < -0.4 is 5.32 Å². The van der Waals surface area contributed by atoms with Crippen LogP contribution in [-0.2, 0) is 4.79 Å². The molecular weight excluding hydrogens is 206 g/mol. The van der Waals surface area contributed by atoms with E-state index in [1.807, 2.05) is 6.07 Å². The number of hydrogen-bond donors (Lipinski definition) is 2. The van der Waals surface area contributed by atoms with Gasteiger partial charge < -0.3 is 10.4 Å². The highest BCUT2D eigenvalue weighted by molar-refractivity contribution is 6.22. The third-order valence-corrected chi connectivity index (χ3v) is 2.15. The van der Waals surface area contributed by atoms with Gasteiger partial charge in [-0.25, -0.2) is 4.79 Å². The summed E-state index contributed by atoms with van der Waals surface area (Å²) in [7, 11) is 0. The maximum atomic E-state index is 11.8. The van der Waals surface area contributed by atoms with E-state index in [1.54, 1.807) is 24.3 Å². The zero-order valence-electron chi connectivity index (χ0n) is 8.93. The molecule has 1 atom stereocenters. The van der Waals surface area contributed by atoms with Crippen LogP contribution >= 0.6 is 0 Å². The van der Waals surface area contributed by atoms with Gasteiger partial charge in [0.15, 0.2) is 5.78 Å². The Bertz CT molecular complexity index is 412. The minimum absolute atomic E-state index is 0.307. The van der Waals surface area contributed by atoms with Crippen LogP contribution in [0.25, 0.3) is 5.57 Å². The van der Waals surface area contributed by atoms with Gasteiger partial charge in [0.1, 0.15) is 0 Å². The molecule has 16 heavy (non-hydrogen) atoms. The molecule has 0 aromatic heterocycles. The second kappa shape index (κ2) is 5.11. The number of carbonyl (C=O) groups excluding carboxylic acids is 1. The Labute approximate surface area is 93.6 Å². The molecule has 0 heterocycles. The smallest absolute Gasteiger partial charge is 0.405 e. The van der Waals surface area contributed by atoms with Gasteiger partial charge in [0.05, 0.1) is 6.04 Å². The molecule has 84 valence electrons. The average Bonchev–Trinajstić information content (AvgIpc) is 2.27. The Hall–Kier alpha value is -2.10. The Kier molecular flexibility index (Phi) is 3.83. The van der Waals surface area contributed by atoms with Gasteiger partial charge in [-0.05, 0) is 12.5 Å². The summed E-state index contributed by atoms with van der Waals surface area (Å²) in [5.41, 5.74) is 1.01. The first kappa shape index (κ1) is 12.0. The second-order valence-corrected chi connectivity index (χ2v) is 3.38. The van der Waals surface area contributed by atoms with Crippen LogP contribution in [0.1, 0.15) is 12.5 Å². The van der Waals surface area contributed by atoms with Crippen molar-refractivity contribution in [2.24, 2.45) is 0 Å². The maximum absolute atomic E-state index is 11.8. The lowest BCUT2D eigenvalue weighted by Gasteiger charge is -2.12. The van der Waals surface area contributed by atoms with Gasteiger partial charge in [0.25, 0.3) is 0 Å². The third-order valence-electron chi connectivity index (χ3n) is 2.15. The number of amides is 1. The van der Waals surface area contributed by atoms with E-state index in [1.165, 1.54) is 6.92 Å². The van der Waals surface area contributed by atoms with Crippen molar-refractivity contribution in [3.63, 3.8) is 0 Å². The van der Waals surface area contributed by atoms with Crippen molar-refractivity contribution in [3.8, 4) is 0 Å². The van der Waals surface area contributed by atoms with Gasteiger partial charge in [0, 0.05) is 5.57 Å². The Morgan fingerprint density at radius 1 is 1.31 bits per heavy atom. The Morgan fingerprint density at radius 3 is 2.38 bits per heavy atom. The van der Waals surface area contributed by atoms with Crippen molar-refractivity contribution >= 4 is 17.4 Å². The zero-order chi connectivity index (χ0) is 12.1. The summed E-state index contributed by atoms with van der Waals surface area (Å²) < 4.78 is 0. The standard InChI is InChI=1S/C12H13NO3/c1-8(10-6-4-3-5-7-10)11(14)9(2)13-12(15)16/h3-7,9,13H,1H2,2H3,(H,15,16). The summed E-state index contributed by atoms with van der Waals surface area (Å²) in [6.45, 7) is 5.16. The monoisotopic (exact) mass is 219 g/mol. The number of ketones is 1. The highest BCUT2D eigenvalue weighted by atomic mass is 16.4. The molecule has 4 nitrogen and oxygen atoms in total. The second-order valence-electron chi connectivity index (χ2n) is 3.38. The Balaban J connectivity index is 2.75. The fraction of sp³-hybridized carbons (Fsp3) is 0.167. The van der Waals surface area contributed by atoms with Gasteiger partial charge in [0.2, 0.25) is 0 Å². The molecule has 1 aromatic rings. The zero-order valence-corrected chi connectivity index (χ0v) is 8.93. The van der Waals surface area contributed by atoms with Gasteiger partial charge in [-0.3, -0.25) is 4.79 Å². The predicted octanol–water partition coefficient (Wildman–Crippen LogP) is 1.93. The van der Waals surface area contributed by atoms with E-state index in [0.29, 0.717) is 11.1 Å². The van der Waals surface area contributed by atoms with E-state index < -0.39 is 12.1 Å². The van der Waals surface area contributed by atoms with Gasteiger partial charge in [-0.15, -0.1) is 0 Å². The van der Waals surface area contributed by atoms with E-state index >= 15 is 0 Å². The number of hydrogen-bond acceptors (Lipinski definition) is 2. The van der Waals surface area contributed by atoms with Crippen molar-refractivity contribution in [1.82, 2.24) is 5.32 Å². The Morgan fingerprint density at radius 2 is 1.88 bits per heavy atom. The van der Waals surface area contributed by atoms with Gasteiger partial charge in [-0.1, -0.05) is 36.9 Å². The fourth-order valence-corrected chi connectivity index (χ4v) is 1.29. The number of rotatable bonds is 4. The van der Waals surface area contributed by atoms with E-state index in [4.69, 9.17) is 5.11 Å². The fourth-order valence-electron chi connectivity index (χ4n) is 1.29. The van der Waals surface area contributed by atoms with Crippen molar-refractivity contribution in [3.05, 3.63) is 42.5 Å². The van der Waals surface area contributed by atoms with Crippen LogP contribution in [0.4, 0.5) is 4.79 Å². The SMILES string of the molecule is C=C(C(=O)C(C)NC(=O)O)c1ccccc1. The van der Waals surface area contributed by atoms with Crippen LogP contribution in [0.5, 0.6) is 0 Å². The number of carboxylic acid groups (broad SMARTS) is 1. The summed E-state index contributed by atoms with van der Waals surface area (Å²) >= 11 is 0. The summed E-state index contributed by atoms with van der Waals surface area (Å²) in [5, 5.41) is 10.6. The summed E-state index contributed by atoms with van der Waals surface area (Å²) in [6.07, 6.45) is -1.22. The minimum atomic E-state index is -1.22. The van der Waals surface area contributed by atoms with Crippen molar-refractivity contribution in [1.29, 1.82) is 0 Å². The summed E-state index contributed by atoms with van der Waals surface area (Å²) in [4.78, 5) is 22.1. The third kappa shape index (κ3) is 2.95. The van der Waals surface area contributed by atoms with E-state index in [0.717, 1.165) is 0 Å². The molecule has 0 aliphatic carbocycles. The molecule has 1 amide bonds. The van der Waals surface area contributed by atoms with Crippen molar-refractivity contribution in [2.75, 3.05) is 0 Å². The molecule has 0 aliphatic rings. The predicted molar refractivity (Wildman–Crippen MR) is 61.1 cm³/mol. The number of carbonyl (C=O) groups is 2. The first-order chi connectivity index (χ1) is 7.52. The van der Waals surface area contributed by atoms with E-state index in [9.17, 15) is 9.59 Å². The minimum Gasteiger partial charge on any atom is -0.465 e. The van der Waals surface area contributed by atoms with Gasteiger partial charge >= 0.3 is 6.09 Å². The topological polar surface area (TPSA) is 66.4 Å². The van der Waals surface area contributed by atoms with Crippen LogP contribution in [0.2, 0.25) is 0 Å². The molecule has 0 saturated heterocycles. The molecule has 0 radical (unpaired) electrons. The molecule has 1 rings (SSSR count). The van der Waals surface area contributed by atoms with E-state index in [2.05, 4.69) is 11.9 Å². The highest BCUT2D eigenvalue weighted by Crippen LogP contribution is 2.14. The molecule has 1 unspecified atom stereocenters. The summed E-state index contributed by atoms with van der Waals surface area (Å²) in [5.74, 6) is -0.325. The molecule has 0 spiro atoms. The molecular formula is C12H13NO3. The first-order valence-electron chi connectivity index (χ1n) is 4.80. The molecule has 2 N–H and O–H groups in total. The largest absolute Gasteiger partial charge is 0.465 e. The number of benzene rings is 1. The van der Waals surface area contributed by atoms with Crippen LogP contribution in [0.3, 0.4) is 0 Å². The molecule has 0 saturated carbocycles. The van der Waals surface area contributed by atoms with Gasteiger partial charge in [-0.2, -0.15) is 0 Å². The molecule has 0 bridgehead atoms. The average molecular weight is 219 g/mol. The first-order valence-corrected chi connectivity index (χ1v) is 4.80. The van der Waals surface area contributed by atoms with E-state index in [-0.39, 0.29) is 5.78 Å². The molecule has 0 fully saturated rings. The van der Waals surface area contributed by atoms with Crippen LogP contribution in [-0.4, -0.2) is 23.0 Å². The van der Waals surface area contributed by atoms with Crippen molar-refractivity contribution < 1.29 is 14.7 Å². The molecule has 1 aromatic carbocycles. The number of Topliss-reactive ketones (excluding diaryl/α,β-unsaturated/α-hetero) is 1. The molecule has 4 heteroatoms. The van der Waals surface area contributed by atoms with Crippen LogP contribution in [0, 0.1) is 0 Å². The van der Waals surface area contributed by atoms with Crippen molar-refractivity contribution in [2.45, 2.75) is 13.0 Å². The maximum Gasteiger partial charge on any atom is 0.405 e. The lowest BCUT2D eigenvalue weighted by atomic mass is 10.00. The van der Waals surface area contributed by atoms with Crippen LogP contribution in [0.15, 0.2) is 36.9 Å². The normalized spacial score (nSPS) is 11.6. The lowest BCUT2D eigenvalue weighted by molar-refractivity contribution is -0.115. The quantitative estimate of drug-likeness (QED) is 0.760. The number of nitrogens with one attached hydrogen (secondary N) is 1. The summed E-state index contributed by atoms with van der Waals surface area (Å²) in [6, 6.07) is 8.15.